The van der Waals surface area contributed by atoms with Gasteiger partial charge < -0.3 is 14.9 Å². The maximum absolute atomic E-state index is 9.97. The minimum Gasteiger partial charge on any atom is -0.394 e. The molecule has 0 aromatic rings. The van der Waals surface area contributed by atoms with Crippen LogP contribution in [0.4, 0.5) is 0 Å². The number of rotatable bonds is 21. The van der Waals surface area contributed by atoms with Crippen molar-refractivity contribution in [2.24, 2.45) is 0 Å². The molecule has 0 aliphatic carbocycles. The Labute approximate surface area is 163 Å². The largest absolute Gasteiger partial charge is 0.394 e. The number of ether oxygens (including phenoxy) is 1. The van der Waals surface area contributed by atoms with E-state index in [-0.39, 0.29) is 12.7 Å². The molecule has 0 aromatic carbocycles. The highest BCUT2D eigenvalue weighted by molar-refractivity contribution is 4.68. The van der Waals surface area contributed by atoms with E-state index in [0.717, 1.165) is 19.3 Å². The van der Waals surface area contributed by atoms with Gasteiger partial charge in [0, 0.05) is 6.61 Å². The van der Waals surface area contributed by atoms with Crippen LogP contribution in [0.5, 0.6) is 0 Å². The van der Waals surface area contributed by atoms with Crippen LogP contribution in [0.2, 0.25) is 0 Å². The minimum atomic E-state index is -0.728. The second-order valence-corrected chi connectivity index (χ2v) is 7.90. The summed E-state index contributed by atoms with van der Waals surface area (Å²) in [4.78, 5) is 0. The Hall–Kier alpha value is -0.120. The zero-order valence-corrected chi connectivity index (χ0v) is 17.9. The number of hydrogen-bond acceptors (Lipinski definition) is 3. The first kappa shape index (κ1) is 25.9. The van der Waals surface area contributed by atoms with Crippen molar-refractivity contribution in [3.05, 3.63) is 0 Å². The third-order valence-corrected chi connectivity index (χ3v) is 5.29. The van der Waals surface area contributed by atoms with Crippen LogP contribution in [0.3, 0.4) is 0 Å². The Morgan fingerprint density at radius 1 is 0.615 bits per heavy atom. The maximum atomic E-state index is 9.97. The summed E-state index contributed by atoms with van der Waals surface area (Å²) < 4.78 is 5.89. The molecule has 2 N–H and O–H groups in total. The summed E-state index contributed by atoms with van der Waals surface area (Å²) in [7, 11) is 0. The zero-order valence-electron chi connectivity index (χ0n) is 17.9. The van der Waals surface area contributed by atoms with Gasteiger partial charge in [-0.15, -0.1) is 0 Å². The third-order valence-electron chi connectivity index (χ3n) is 5.29. The van der Waals surface area contributed by atoms with Crippen LogP contribution in [-0.4, -0.2) is 35.6 Å². The van der Waals surface area contributed by atoms with Gasteiger partial charge >= 0.3 is 0 Å². The Balaban J connectivity index is 3.61. The molecule has 0 rings (SSSR count). The van der Waals surface area contributed by atoms with Gasteiger partial charge in [0.1, 0.15) is 6.10 Å². The normalized spacial score (nSPS) is 13.8. The van der Waals surface area contributed by atoms with Crippen molar-refractivity contribution in [3.63, 3.8) is 0 Å². The Bertz CT molecular complexity index is 258. The average molecular weight is 373 g/mol. The third kappa shape index (κ3) is 17.3. The summed E-state index contributed by atoms with van der Waals surface area (Å²) >= 11 is 0. The first-order chi connectivity index (χ1) is 12.8. The molecule has 0 fully saturated rings. The molecule has 0 saturated heterocycles. The lowest BCUT2D eigenvalue weighted by atomic mass is 10.0. The van der Waals surface area contributed by atoms with Gasteiger partial charge in [-0.3, -0.25) is 0 Å². The van der Waals surface area contributed by atoms with E-state index in [1.54, 1.807) is 0 Å². The van der Waals surface area contributed by atoms with Crippen molar-refractivity contribution in [1.29, 1.82) is 0 Å². The SMILES string of the molecule is CCCCCCCCCCOC(CCCCCCCCCC)C(O)CO. The molecule has 2 unspecified atom stereocenters. The van der Waals surface area contributed by atoms with Crippen LogP contribution < -0.4 is 0 Å². The first-order valence-corrected chi connectivity index (χ1v) is 11.7. The van der Waals surface area contributed by atoms with E-state index < -0.39 is 6.10 Å². The molecule has 3 heteroatoms. The molecule has 26 heavy (non-hydrogen) atoms. The monoisotopic (exact) mass is 372 g/mol. The van der Waals surface area contributed by atoms with E-state index in [1.165, 1.54) is 89.9 Å². The summed E-state index contributed by atoms with van der Waals surface area (Å²) in [6.07, 6.45) is 20.5. The van der Waals surface area contributed by atoms with E-state index in [0.29, 0.717) is 6.61 Å². The lowest BCUT2D eigenvalue weighted by molar-refractivity contribution is -0.0629. The molecule has 0 heterocycles. The van der Waals surface area contributed by atoms with E-state index in [1.807, 2.05) is 0 Å². The summed E-state index contributed by atoms with van der Waals surface area (Å²) in [5.74, 6) is 0. The smallest absolute Gasteiger partial charge is 0.103 e. The molecule has 158 valence electrons. The van der Waals surface area contributed by atoms with Gasteiger partial charge in [-0.05, 0) is 12.8 Å². The lowest BCUT2D eigenvalue weighted by Crippen LogP contribution is -2.32. The lowest BCUT2D eigenvalue weighted by Gasteiger charge is -2.22. The van der Waals surface area contributed by atoms with Crippen molar-refractivity contribution in [3.8, 4) is 0 Å². The van der Waals surface area contributed by atoms with Gasteiger partial charge in [0.25, 0.3) is 0 Å². The summed E-state index contributed by atoms with van der Waals surface area (Å²) in [6.45, 7) is 5.02. The standard InChI is InChI=1S/C23H48O3/c1-3-5-7-9-11-13-15-17-19-23(22(25)21-24)26-20-18-16-14-12-10-8-6-4-2/h22-25H,3-21H2,1-2H3. The first-order valence-electron chi connectivity index (χ1n) is 11.7. The molecule has 0 amide bonds. The van der Waals surface area contributed by atoms with Crippen LogP contribution in [-0.2, 0) is 4.74 Å². The Morgan fingerprint density at radius 2 is 1.04 bits per heavy atom. The van der Waals surface area contributed by atoms with Crippen LogP contribution in [0.1, 0.15) is 123 Å². The van der Waals surface area contributed by atoms with Crippen molar-refractivity contribution in [2.45, 2.75) is 135 Å². The number of unbranched alkanes of at least 4 members (excludes halogenated alkanes) is 14. The minimum absolute atomic E-state index is 0.190. The Kier molecular flexibility index (Phi) is 21.1. The van der Waals surface area contributed by atoms with Gasteiger partial charge in [0.2, 0.25) is 0 Å². The van der Waals surface area contributed by atoms with Crippen LogP contribution in [0, 0.1) is 0 Å². The average Bonchev–Trinajstić information content (AvgIpc) is 2.66. The van der Waals surface area contributed by atoms with E-state index >= 15 is 0 Å². The summed E-state index contributed by atoms with van der Waals surface area (Å²) in [6, 6.07) is 0. The predicted molar refractivity (Wildman–Crippen MR) is 113 cm³/mol. The highest BCUT2D eigenvalue weighted by atomic mass is 16.5. The topological polar surface area (TPSA) is 49.7 Å². The maximum Gasteiger partial charge on any atom is 0.103 e. The second kappa shape index (κ2) is 21.2. The molecule has 2 atom stereocenters. The van der Waals surface area contributed by atoms with Crippen molar-refractivity contribution in [1.82, 2.24) is 0 Å². The number of hydrogen-bond donors (Lipinski definition) is 2. The molecule has 0 radical (unpaired) electrons. The van der Waals surface area contributed by atoms with Gasteiger partial charge in [0.05, 0.1) is 12.7 Å². The fourth-order valence-corrected chi connectivity index (χ4v) is 3.45. The van der Waals surface area contributed by atoms with Crippen LogP contribution in [0.15, 0.2) is 0 Å². The van der Waals surface area contributed by atoms with Crippen molar-refractivity contribution >= 4 is 0 Å². The summed E-state index contributed by atoms with van der Waals surface area (Å²) in [5.41, 5.74) is 0. The van der Waals surface area contributed by atoms with E-state index in [2.05, 4.69) is 13.8 Å². The molecular formula is C23H48O3. The number of aliphatic hydroxyl groups is 2. The highest BCUT2D eigenvalue weighted by Gasteiger charge is 2.18. The second-order valence-electron chi connectivity index (χ2n) is 7.90. The highest BCUT2D eigenvalue weighted by Crippen LogP contribution is 2.15. The van der Waals surface area contributed by atoms with E-state index in [9.17, 15) is 10.2 Å². The van der Waals surface area contributed by atoms with Gasteiger partial charge in [-0.25, -0.2) is 0 Å². The van der Waals surface area contributed by atoms with Crippen molar-refractivity contribution in [2.75, 3.05) is 13.2 Å². The molecule has 0 aliphatic rings. The molecule has 0 spiro atoms. The van der Waals surface area contributed by atoms with E-state index in [4.69, 9.17) is 4.74 Å². The number of aliphatic hydroxyl groups excluding tert-OH is 2. The molecule has 0 aromatic heterocycles. The quantitative estimate of drug-likeness (QED) is 0.229. The van der Waals surface area contributed by atoms with Crippen LogP contribution in [0.25, 0.3) is 0 Å². The van der Waals surface area contributed by atoms with Gasteiger partial charge in [-0.1, -0.05) is 110 Å². The zero-order chi connectivity index (χ0) is 19.3. The fourth-order valence-electron chi connectivity index (χ4n) is 3.45. The van der Waals surface area contributed by atoms with Crippen molar-refractivity contribution < 1.29 is 14.9 Å². The summed E-state index contributed by atoms with van der Waals surface area (Å²) in [5, 5.41) is 19.2. The Morgan fingerprint density at radius 3 is 1.50 bits per heavy atom. The van der Waals surface area contributed by atoms with Crippen LogP contribution >= 0.6 is 0 Å². The van der Waals surface area contributed by atoms with Gasteiger partial charge in [-0.2, -0.15) is 0 Å². The molecular weight excluding hydrogens is 324 g/mol. The fraction of sp³-hybridized carbons (Fsp3) is 1.00. The van der Waals surface area contributed by atoms with Gasteiger partial charge in [0.15, 0.2) is 0 Å². The predicted octanol–water partition coefficient (Wildman–Crippen LogP) is 6.40. The molecule has 0 bridgehead atoms. The molecule has 0 saturated carbocycles. The molecule has 0 aliphatic heterocycles. The molecule has 3 nitrogen and oxygen atoms in total.